The van der Waals surface area contributed by atoms with E-state index in [0.29, 0.717) is 11.1 Å². The highest BCUT2D eigenvalue weighted by Gasteiger charge is 2.12. The number of hydrogen-bond donors (Lipinski definition) is 0. The molecule has 0 unspecified atom stereocenters. The van der Waals surface area contributed by atoms with Crippen molar-refractivity contribution in [3.05, 3.63) is 68.4 Å². The smallest absolute Gasteiger partial charge is 0.168 e. The van der Waals surface area contributed by atoms with Gasteiger partial charge in [0.1, 0.15) is 5.82 Å². The molecule has 0 aromatic heterocycles. The van der Waals surface area contributed by atoms with Crippen molar-refractivity contribution in [1.82, 2.24) is 0 Å². The zero-order valence-corrected chi connectivity index (χ0v) is 12.6. The molecule has 0 aliphatic heterocycles. The highest BCUT2D eigenvalue weighted by Crippen LogP contribution is 2.21. The molecule has 19 heavy (non-hydrogen) atoms. The maximum atomic E-state index is 13.3. The van der Waals surface area contributed by atoms with E-state index in [-0.39, 0.29) is 17.2 Å². The number of ketones is 1. The normalized spacial score (nSPS) is 10.5. The molecule has 2 aromatic carbocycles. The van der Waals surface area contributed by atoms with Gasteiger partial charge < -0.3 is 0 Å². The molecule has 0 atom stereocenters. The van der Waals surface area contributed by atoms with E-state index in [2.05, 4.69) is 15.9 Å². The molecule has 2 rings (SSSR count). The van der Waals surface area contributed by atoms with Crippen molar-refractivity contribution in [2.24, 2.45) is 0 Å². The number of Topliss-reactive ketones (excluding diaryl/α,β-unsaturated/α-hetero) is 1. The summed E-state index contributed by atoms with van der Waals surface area (Å²) in [6.45, 7) is 1.95. The van der Waals surface area contributed by atoms with Gasteiger partial charge in [-0.3, -0.25) is 4.79 Å². The third kappa shape index (κ3) is 3.43. The predicted octanol–water partition coefficient (Wildman–Crippen LogP) is 4.98. The third-order valence-electron chi connectivity index (χ3n) is 2.77. The zero-order valence-electron chi connectivity index (χ0n) is 10.2. The summed E-state index contributed by atoms with van der Waals surface area (Å²) in [4.78, 5) is 12.2. The molecule has 0 saturated heterocycles. The van der Waals surface area contributed by atoms with Crippen molar-refractivity contribution in [3.63, 3.8) is 0 Å². The van der Waals surface area contributed by atoms with Crippen LogP contribution in [0.2, 0.25) is 5.02 Å². The predicted molar refractivity (Wildman–Crippen MR) is 78.3 cm³/mol. The first-order valence-corrected chi connectivity index (χ1v) is 6.88. The summed E-state index contributed by atoms with van der Waals surface area (Å²) in [5.74, 6) is -0.566. The number of carbonyl (C=O) groups excluding carboxylic acids is 1. The van der Waals surface area contributed by atoms with Gasteiger partial charge in [0.2, 0.25) is 0 Å². The molecule has 0 saturated carbocycles. The topological polar surface area (TPSA) is 17.1 Å². The van der Waals surface area contributed by atoms with Gasteiger partial charge in [0.25, 0.3) is 0 Å². The molecule has 1 nitrogen and oxygen atoms in total. The summed E-state index contributed by atoms with van der Waals surface area (Å²) in [6.07, 6.45) is 0.149. The fourth-order valence-electron chi connectivity index (χ4n) is 1.78. The maximum Gasteiger partial charge on any atom is 0.168 e. The summed E-state index contributed by atoms with van der Waals surface area (Å²) >= 11 is 8.98. The Bertz CT molecular complexity index is 640. The molecular weight excluding hydrogens is 331 g/mol. The monoisotopic (exact) mass is 340 g/mol. The summed E-state index contributed by atoms with van der Waals surface area (Å²) < 4.78 is 14.1. The summed E-state index contributed by atoms with van der Waals surface area (Å²) in [5.41, 5.74) is 2.28. The average Bonchev–Trinajstić information content (AvgIpc) is 2.33. The van der Waals surface area contributed by atoms with Crippen LogP contribution >= 0.6 is 27.5 Å². The molecule has 0 spiro atoms. The Kier molecular flexibility index (Phi) is 4.38. The molecule has 4 heteroatoms. The molecule has 0 amide bonds. The Labute approximate surface area is 124 Å². The Morgan fingerprint density at radius 3 is 2.63 bits per heavy atom. The van der Waals surface area contributed by atoms with E-state index in [1.807, 2.05) is 19.1 Å². The van der Waals surface area contributed by atoms with E-state index in [4.69, 9.17) is 11.6 Å². The maximum absolute atomic E-state index is 13.3. The average molecular weight is 342 g/mol. The van der Waals surface area contributed by atoms with Crippen LogP contribution in [0.4, 0.5) is 4.39 Å². The summed E-state index contributed by atoms with van der Waals surface area (Å²) in [6, 6.07) is 9.95. The molecule has 0 N–H and O–H groups in total. The molecule has 0 radical (unpaired) electrons. The Morgan fingerprint density at radius 1 is 1.26 bits per heavy atom. The van der Waals surface area contributed by atoms with Gasteiger partial charge in [-0.15, -0.1) is 0 Å². The van der Waals surface area contributed by atoms with Gasteiger partial charge in [-0.05, 0) is 42.3 Å². The molecular formula is C15H11BrClFO. The van der Waals surface area contributed by atoms with Crippen molar-refractivity contribution in [1.29, 1.82) is 0 Å². The minimum atomic E-state index is -0.505. The summed E-state index contributed by atoms with van der Waals surface area (Å²) in [5, 5.41) is 0.0627. The Morgan fingerprint density at radius 2 is 2.00 bits per heavy atom. The van der Waals surface area contributed by atoms with Crippen molar-refractivity contribution < 1.29 is 9.18 Å². The Hall–Kier alpha value is -1.19. The van der Waals surface area contributed by atoms with Gasteiger partial charge >= 0.3 is 0 Å². The fourth-order valence-corrected chi connectivity index (χ4v) is 2.61. The lowest BCUT2D eigenvalue weighted by molar-refractivity contribution is 0.0992. The van der Waals surface area contributed by atoms with E-state index in [9.17, 15) is 9.18 Å². The molecule has 0 fully saturated rings. The number of aryl methyl sites for hydroxylation is 1. The lowest BCUT2D eigenvalue weighted by Crippen LogP contribution is -2.05. The lowest BCUT2D eigenvalue weighted by atomic mass is 10.0. The standard InChI is InChI=1S/C15H11BrClFO/c1-9-2-4-11(12(16)6-9)15(19)8-10-3-5-13(17)14(18)7-10/h2-7H,8H2,1H3. The minimum absolute atomic E-state index is 0.0615. The van der Waals surface area contributed by atoms with E-state index >= 15 is 0 Å². The highest BCUT2D eigenvalue weighted by molar-refractivity contribution is 9.10. The van der Waals surface area contributed by atoms with Gasteiger partial charge in [0.05, 0.1) is 5.02 Å². The van der Waals surface area contributed by atoms with Gasteiger partial charge in [0.15, 0.2) is 5.78 Å². The van der Waals surface area contributed by atoms with Crippen molar-refractivity contribution in [2.75, 3.05) is 0 Å². The number of hydrogen-bond acceptors (Lipinski definition) is 1. The van der Waals surface area contributed by atoms with Crippen LogP contribution < -0.4 is 0 Å². The molecule has 0 aliphatic rings. The van der Waals surface area contributed by atoms with Crippen molar-refractivity contribution in [3.8, 4) is 0 Å². The highest BCUT2D eigenvalue weighted by atomic mass is 79.9. The van der Waals surface area contributed by atoms with Crippen LogP contribution in [-0.4, -0.2) is 5.78 Å². The van der Waals surface area contributed by atoms with Crippen LogP contribution in [-0.2, 0) is 6.42 Å². The number of halogens is 3. The van der Waals surface area contributed by atoms with Crippen molar-refractivity contribution >= 4 is 33.3 Å². The third-order valence-corrected chi connectivity index (χ3v) is 3.74. The quantitative estimate of drug-likeness (QED) is 0.720. The Balaban J connectivity index is 2.23. The van der Waals surface area contributed by atoms with Crippen molar-refractivity contribution in [2.45, 2.75) is 13.3 Å². The number of rotatable bonds is 3. The number of carbonyl (C=O) groups is 1. The molecule has 2 aromatic rings. The first-order valence-electron chi connectivity index (χ1n) is 5.70. The van der Waals surface area contributed by atoms with Crippen LogP contribution in [0.25, 0.3) is 0 Å². The zero-order chi connectivity index (χ0) is 14.0. The van der Waals surface area contributed by atoms with E-state index in [1.54, 1.807) is 12.1 Å². The largest absolute Gasteiger partial charge is 0.294 e. The van der Waals surface area contributed by atoms with Gasteiger partial charge in [-0.1, -0.05) is 39.7 Å². The van der Waals surface area contributed by atoms with Crippen LogP contribution in [0.1, 0.15) is 21.5 Å². The lowest BCUT2D eigenvalue weighted by Gasteiger charge is -2.06. The fraction of sp³-hybridized carbons (Fsp3) is 0.133. The van der Waals surface area contributed by atoms with E-state index in [0.717, 1.165) is 10.0 Å². The molecule has 98 valence electrons. The van der Waals surface area contributed by atoms with Gasteiger partial charge in [-0.2, -0.15) is 0 Å². The minimum Gasteiger partial charge on any atom is -0.294 e. The van der Waals surface area contributed by atoms with Crippen LogP contribution in [0.15, 0.2) is 40.9 Å². The second-order valence-corrected chi connectivity index (χ2v) is 5.59. The van der Waals surface area contributed by atoms with Gasteiger partial charge in [0, 0.05) is 16.5 Å². The second kappa shape index (κ2) is 5.85. The SMILES string of the molecule is Cc1ccc(C(=O)Cc2ccc(Cl)c(F)c2)c(Br)c1. The molecule has 0 bridgehead atoms. The van der Waals surface area contributed by atoms with Gasteiger partial charge in [-0.25, -0.2) is 4.39 Å². The van der Waals surface area contributed by atoms with Crippen LogP contribution in [0.5, 0.6) is 0 Å². The van der Waals surface area contributed by atoms with Crippen LogP contribution in [0, 0.1) is 12.7 Å². The number of benzene rings is 2. The first-order chi connectivity index (χ1) is 8.97. The molecule has 0 aliphatic carbocycles. The van der Waals surface area contributed by atoms with Crippen LogP contribution in [0.3, 0.4) is 0 Å². The first kappa shape index (κ1) is 14.2. The van der Waals surface area contributed by atoms with E-state index in [1.165, 1.54) is 12.1 Å². The molecule has 0 heterocycles. The van der Waals surface area contributed by atoms with E-state index < -0.39 is 5.82 Å². The second-order valence-electron chi connectivity index (χ2n) is 4.33. The summed E-state index contributed by atoms with van der Waals surface area (Å²) in [7, 11) is 0.